The molecule has 1 heterocycles. The average molecular weight is 334 g/mol. The molecular weight excluding hydrogens is 317 g/mol. The van der Waals surface area contributed by atoms with Gasteiger partial charge in [0.15, 0.2) is 0 Å². The van der Waals surface area contributed by atoms with Crippen LogP contribution in [0.2, 0.25) is 5.02 Å². The van der Waals surface area contributed by atoms with Crippen LogP contribution in [0.5, 0.6) is 0 Å². The van der Waals surface area contributed by atoms with Gasteiger partial charge < -0.3 is 10.0 Å². The number of aliphatic hydroxyl groups is 1. The molecule has 2 aromatic carbocycles. The Morgan fingerprint density at radius 3 is 2.70 bits per heavy atom. The molecule has 1 aliphatic heterocycles. The standard InChI is InChI=1S/C18H17ClFNO2/c19-17-8-7-14(20)10-16(17)12-3-5-13(6-4-12)18(23)21-9-1-2-15(21)11-22/h3-8,10,15,22H,1-2,9,11H2. The second-order valence-corrected chi connectivity index (χ2v) is 6.09. The lowest BCUT2D eigenvalue weighted by Crippen LogP contribution is -2.37. The molecule has 0 bridgehead atoms. The number of hydrogen-bond acceptors (Lipinski definition) is 2. The van der Waals surface area contributed by atoms with E-state index in [9.17, 15) is 14.3 Å². The minimum atomic E-state index is -0.354. The van der Waals surface area contributed by atoms with E-state index in [1.807, 2.05) is 0 Å². The van der Waals surface area contributed by atoms with Crippen LogP contribution in [-0.4, -0.2) is 35.1 Å². The van der Waals surface area contributed by atoms with E-state index in [4.69, 9.17) is 11.6 Å². The SMILES string of the molecule is O=C(c1ccc(-c2cc(F)ccc2Cl)cc1)N1CCCC1CO. The van der Waals surface area contributed by atoms with Crippen molar-refractivity contribution in [2.24, 2.45) is 0 Å². The van der Waals surface area contributed by atoms with Crippen molar-refractivity contribution in [3.05, 3.63) is 58.9 Å². The van der Waals surface area contributed by atoms with Crippen LogP contribution in [0.4, 0.5) is 4.39 Å². The Bertz CT molecular complexity index is 717. The zero-order valence-corrected chi connectivity index (χ0v) is 13.3. The van der Waals surface area contributed by atoms with Crippen molar-refractivity contribution in [2.75, 3.05) is 13.2 Å². The maximum Gasteiger partial charge on any atom is 0.254 e. The Morgan fingerprint density at radius 2 is 2.00 bits per heavy atom. The summed E-state index contributed by atoms with van der Waals surface area (Å²) >= 11 is 6.10. The largest absolute Gasteiger partial charge is 0.394 e. The molecule has 120 valence electrons. The molecule has 0 spiro atoms. The smallest absolute Gasteiger partial charge is 0.254 e. The molecule has 1 unspecified atom stereocenters. The van der Waals surface area contributed by atoms with Gasteiger partial charge in [-0.2, -0.15) is 0 Å². The van der Waals surface area contributed by atoms with E-state index in [0.717, 1.165) is 18.4 Å². The van der Waals surface area contributed by atoms with Crippen molar-refractivity contribution in [1.82, 2.24) is 4.90 Å². The van der Waals surface area contributed by atoms with Crippen LogP contribution in [0.15, 0.2) is 42.5 Å². The van der Waals surface area contributed by atoms with Gasteiger partial charge in [0, 0.05) is 22.7 Å². The Kier molecular flexibility index (Phi) is 4.64. The molecule has 1 fully saturated rings. The summed E-state index contributed by atoms with van der Waals surface area (Å²) in [6.07, 6.45) is 1.74. The highest BCUT2D eigenvalue weighted by molar-refractivity contribution is 6.33. The second-order valence-electron chi connectivity index (χ2n) is 5.68. The first-order chi connectivity index (χ1) is 11.1. The minimum absolute atomic E-state index is 0.0112. The molecule has 0 aliphatic carbocycles. The Labute approximate surface area is 139 Å². The average Bonchev–Trinajstić information content (AvgIpc) is 3.05. The predicted octanol–water partition coefficient (Wildman–Crippen LogP) is 3.74. The second kappa shape index (κ2) is 6.69. The van der Waals surface area contributed by atoms with Crippen LogP contribution >= 0.6 is 11.6 Å². The lowest BCUT2D eigenvalue weighted by molar-refractivity contribution is 0.0677. The van der Waals surface area contributed by atoms with Gasteiger partial charge in [0.05, 0.1) is 12.6 Å². The summed E-state index contributed by atoms with van der Waals surface area (Å²) < 4.78 is 13.4. The molecule has 5 heteroatoms. The van der Waals surface area contributed by atoms with Gasteiger partial charge in [-0.15, -0.1) is 0 Å². The molecule has 1 atom stereocenters. The number of halogens is 2. The highest BCUT2D eigenvalue weighted by Crippen LogP contribution is 2.29. The molecule has 2 aromatic rings. The quantitative estimate of drug-likeness (QED) is 0.929. The van der Waals surface area contributed by atoms with Crippen molar-refractivity contribution < 1.29 is 14.3 Å². The van der Waals surface area contributed by atoms with Crippen LogP contribution in [-0.2, 0) is 0 Å². The van der Waals surface area contributed by atoms with Gasteiger partial charge in [0.2, 0.25) is 0 Å². The fraction of sp³-hybridized carbons (Fsp3) is 0.278. The first-order valence-electron chi connectivity index (χ1n) is 7.57. The normalized spacial score (nSPS) is 17.5. The first kappa shape index (κ1) is 16.0. The topological polar surface area (TPSA) is 40.5 Å². The van der Waals surface area contributed by atoms with Crippen molar-refractivity contribution in [2.45, 2.75) is 18.9 Å². The summed E-state index contributed by atoms with van der Waals surface area (Å²) in [7, 11) is 0. The summed E-state index contributed by atoms with van der Waals surface area (Å²) in [5.41, 5.74) is 1.91. The molecule has 0 saturated carbocycles. The molecule has 0 aromatic heterocycles. The molecule has 1 aliphatic rings. The van der Waals surface area contributed by atoms with Crippen molar-refractivity contribution >= 4 is 17.5 Å². The van der Waals surface area contributed by atoms with E-state index in [0.29, 0.717) is 22.7 Å². The predicted molar refractivity (Wildman–Crippen MR) is 88.0 cm³/mol. The van der Waals surface area contributed by atoms with E-state index in [2.05, 4.69) is 0 Å². The van der Waals surface area contributed by atoms with Gasteiger partial charge in [0.25, 0.3) is 5.91 Å². The van der Waals surface area contributed by atoms with Crippen LogP contribution in [0.25, 0.3) is 11.1 Å². The molecule has 3 rings (SSSR count). The van der Waals surface area contributed by atoms with Crippen LogP contribution in [0, 0.1) is 5.82 Å². The zero-order chi connectivity index (χ0) is 16.4. The minimum Gasteiger partial charge on any atom is -0.394 e. The van der Waals surface area contributed by atoms with Gasteiger partial charge in [-0.3, -0.25) is 4.79 Å². The van der Waals surface area contributed by atoms with E-state index >= 15 is 0 Å². The van der Waals surface area contributed by atoms with E-state index in [-0.39, 0.29) is 24.4 Å². The number of aliphatic hydroxyl groups excluding tert-OH is 1. The number of nitrogens with zero attached hydrogens (tertiary/aromatic N) is 1. The maximum atomic E-state index is 13.4. The highest BCUT2D eigenvalue weighted by atomic mass is 35.5. The summed E-state index contributed by atoms with van der Waals surface area (Å²) in [6.45, 7) is 0.657. The third-order valence-electron chi connectivity index (χ3n) is 4.22. The van der Waals surface area contributed by atoms with Crippen molar-refractivity contribution in [3.63, 3.8) is 0 Å². The summed E-state index contributed by atoms with van der Waals surface area (Å²) in [4.78, 5) is 14.2. The fourth-order valence-electron chi connectivity index (χ4n) is 2.97. The molecule has 3 nitrogen and oxygen atoms in total. The molecule has 1 N–H and O–H groups in total. The Balaban J connectivity index is 1.84. The number of carbonyl (C=O) groups excluding carboxylic acids is 1. The van der Waals surface area contributed by atoms with Crippen molar-refractivity contribution in [1.29, 1.82) is 0 Å². The van der Waals surface area contributed by atoms with E-state index in [1.165, 1.54) is 18.2 Å². The number of likely N-dealkylation sites (tertiary alicyclic amines) is 1. The molecule has 23 heavy (non-hydrogen) atoms. The lowest BCUT2D eigenvalue weighted by Gasteiger charge is -2.23. The number of benzene rings is 2. The molecule has 1 saturated heterocycles. The van der Waals surface area contributed by atoms with Crippen LogP contribution in [0.1, 0.15) is 23.2 Å². The number of amides is 1. The van der Waals surface area contributed by atoms with Gasteiger partial charge in [0.1, 0.15) is 5.82 Å². The molecule has 1 amide bonds. The Morgan fingerprint density at radius 1 is 1.26 bits per heavy atom. The van der Waals surface area contributed by atoms with Crippen LogP contribution < -0.4 is 0 Å². The Hall–Kier alpha value is -1.91. The summed E-state index contributed by atoms with van der Waals surface area (Å²) in [5, 5.41) is 9.80. The monoisotopic (exact) mass is 333 g/mol. The summed E-state index contributed by atoms with van der Waals surface area (Å²) in [6, 6.07) is 11.1. The van der Waals surface area contributed by atoms with Gasteiger partial charge >= 0.3 is 0 Å². The van der Waals surface area contributed by atoms with E-state index < -0.39 is 0 Å². The number of carbonyl (C=O) groups is 1. The van der Waals surface area contributed by atoms with Gasteiger partial charge in [-0.05, 0) is 48.7 Å². The maximum absolute atomic E-state index is 13.4. The highest BCUT2D eigenvalue weighted by Gasteiger charge is 2.28. The van der Waals surface area contributed by atoms with Crippen molar-refractivity contribution in [3.8, 4) is 11.1 Å². The lowest BCUT2D eigenvalue weighted by atomic mass is 10.0. The molecular formula is C18H17ClFNO2. The van der Waals surface area contributed by atoms with Gasteiger partial charge in [-0.1, -0.05) is 23.7 Å². The van der Waals surface area contributed by atoms with Crippen LogP contribution in [0.3, 0.4) is 0 Å². The first-order valence-corrected chi connectivity index (χ1v) is 7.95. The number of rotatable bonds is 3. The van der Waals surface area contributed by atoms with Gasteiger partial charge in [-0.25, -0.2) is 4.39 Å². The third-order valence-corrected chi connectivity index (χ3v) is 4.55. The fourth-order valence-corrected chi connectivity index (χ4v) is 3.20. The third kappa shape index (κ3) is 3.23. The summed E-state index contributed by atoms with van der Waals surface area (Å²) in [5.74, 6) is -0.439. The molecule has 0 radical (unpaired) electrons. The van der Waals surface area contributed by atoms with E-state index in [1.54, 1.807) is 29.2 Å². The number of hydrogen-bond donors (Lipinski definition) is 1. The zero-order valence-electron chi connectivity index (χ0n) is 12.5.